The van der Waals surface area contributed by atoms with Gasteiger partial charge in [0.15, 0.2) is 0 Å². The number of likely N-dealkylation sites (tertiary alicyclic amines) is 1. The third-order valence-corrected chi connectivity index (χ3v) is 5.88. The van der Waals surface area contributed by atoms with Crippen molar-refractivity contribution in [2.75, 3.05) is 45.8 Å². The smallest absolute Gasteiger partial charge is 0.219 e. The molecule has 2 atom stereocenters. The van der Waals surface area contributed by atoms with Crippen LogP contribution < -0.4 is 0 Å². The molecule has 0 radical (unpaired) electrons. The number of rotatable bonds is 5. The number of carbonyl (C=O) groups excluding carboxylic acids is 1. The molecule has 2 aliphatic rings. The van der Waals surface area contributed by atoms with Crippen molar-refractivity contribution < 1.29 is 4.79 Å². The quantitative estimate of drug-likeness (QED) is 0.822. The summed E-state index contributed by atoms with van der Waals surface area (Å²) in [4.78, 5) is 18.9. The van der Waals surface area contributed by atoms with Crippen molar-refractivity contribution in [3.63, 3.8) is 0 Å². The fraction of sp³-hybridized carbons (Fsp3) is 0.667. The first-order valence-electron chi connectivity index (χ1n) is 9.89. The summed E-state index contributed by atoms with van der Waals surface area (Å²) < 4.78 is 0. The number of carbonyl (C=O) groups is 1. The van der Waals surface area contributed by atoms with E-state index >= 15 is 0 Å². The van der Waals surface area contributed by atoms with E-state index in [1.54, 1.807) is 6.92 Å². The first-order chi connectivity index (χ1) is 12.1. The van der Waals surface area contributed by atoms with E-state index in [1.807, 2.05) is 4.90 Å². The summed E-state index contributed by atoms with van der Waals surface area (Å²) in [5, 5.41) is 0. The Morgan fingerprint density at radius 1 is 1.08 bits per heavy atom. The number of amides is 1. The van der Waals surface area contributed by atoms with Gasteiger partial charge in [-0.25, -0.2) is 0 Å². The minimum atomic E-state index is 0.226. The Kier molecular flexibility index (Phi) is 6.49. The van der Waals surface area contributed by atoms with E-state index in [4.69, 9.17) is 0 Å². The SMILES string of the molecule is CC(=O)N1CCCN([C@H]2CN(CCCc3ccccc3)C[C@H]2C)CC1. The highest BCUT2D eigenvalue weighted by atomic mass is 16.2. The van der Waals surface area contributed by atoms with E-state index in [0.29, 0.717) is 6.04 Å². The van der Waals surface area contributed by atoms with E-state index in [2.05, 4.69) is 47.1 Å². The van der Waals surface area contributed by atoms with Crippen molar-refractivity contribution in [3.8, 4) is 0 Å². The van der Waals surface area contributed by atoms with Crippen LogP contribution in [0.5, 0.6) is 0 Å². The molecule has 4 heteroatoms. The van der Waals surface area contributed by atoms with Crippen LogP contribution in [0.1, 0.15) is 32.3 Å². The number of hydrogen-bond donors (Lipinski definition) is 0. The van der Waals surface area contributed by atoms with Crippen molar-refractivity contribution in [1.82, 2.24) is 14.7 Å². The summed E-state index contributed by atoms with van der Waals surface area (Å²) in [6.45, 7) is 11.7. The lowest BCUT2D eigenvalue weighted by Gasteiger charge is -2.30. The molecular formula is C21H33N3O. The van der Waals surface area contributed by atoms with Crippen molar-refractivity contribution in [3.05, 3.63) is 35.9 Å². The van der Waals surface area contributed by atoms with E-state index < -0.39 is 0 Å². The highest BCUT2D eigenvalue weighted by molar-refractivity contribution is 5.73. The van der Waals surface area contributed by atoms with Crippen LogP contribution in [0.4, 0.5) is 0 Å². The maximum Gasteiger partial charge on any atom is 0.219 e. The molecule has 138 valence electrons. The average molecular weight is 344 g/mol. The van der Waals surface area contributed by atoms with Crippen molar-refractivity contribution in [2.45, 2.75) is 39.2 Å². The molecule has 0 spiro atoms. The van der Waals surface area contributed by atoms with Gasteiger partial charge in [-0.05, 0) is 37.3 Å². The molecule has 0 N–H and O–H groups in total. The lowest BCUT2D eigenvalue weighted by atomic mass is 10.0. The molecule has 0 unspecified atom stereocenters. The third kappa shape index (κ3) is 5.05. The first-order valence-corrected chi connectivity index (χ1v) is 9.89. The molecule has 2 heterocycles. The molecule has 1 aromatic carbocycles. The summed E-state index contributed by atoms with van der Waals surface area (Å²) in [6, 6.07) is 11.5. The molecule has 0 aromatic heterocycles. The minimum Gasteiger partial charge on any atom is -0.342 e. The van der Waals surface area contributed by atoms with Gasteiger partial charge in [0.05, 0.1) is 0 Å². The molecule has 2 fully saturated rings. The molecule has 3 rings (SSSR count). The van der Waals surface area contributed by atoms with Gasteiger partial charge in [0.2, 0.25) is 5.91 Å². The summed E-state index contributed by atoms with van der Waals surface area (Å²) in [5.74, 6) is 0.949. The predicted molar refractivity (Wildman–Crippen MR) is 103 cm³/mol. The lowest BCUT2D eigenvalue weighted by Crippen LogP contribution is -2.43. The van der Waals surface area contributed by atoms with Gasteiger partial charge in [-0.2, -0.15) is 0 Å². The number of nitrogens with zero attached hydrogens (tertiary/aromatic N) is 3. The monoisotopic (exact) mass is 343 g/mol. The van der Waals surface area contributed by atoms with Gasteiger partial charge < -0.3 is 9.80 Å². The summed E-state index contributed by atoms with van der Waals surface area (Å²) >= 11 is 0. The molecule has 0 saturated carbocycles. The van der Waals surface area contributed by atoms with Gasteiger partial charge in [-0.15, -0.1) is 0 Å². The molecule has 2 saturated heterocycles. The first kappa shape index (κ1) is 18.4. The average Bonchev–Trinajstić information content (AvgIpc) is 2.82. The van der Waals surface area contributed by atoms with Crippen molar-refractivity contribution >= 4 is 5.91 Å². The second-order valence-corrected chi connectivity index (χ2v) is 7.79. The molecular weight excluding hydrogens is 310 g/mol. The number of hydrogen-bond acceptors (Lipinski definition) is 3. The summed E-state index contributed by atoms with van der Waals surface area (Å²) in [6.07, 6.45) is 3.52. The molecule has 1 amide bonds. The van der Waals surface area contributed by atoms with E-state index in [9.17, 15) is 4.79 Å². The van der Waals surface area contributed by atoms with Gasteiger partial charge >= 0.3 is 0 Å². The second-order valence-electron chi connectivity index (χ2n) is 7.79. The maximum atomic E-state index is 11.6. The van der Waals surface area contributed by atoms with E-state index in [0.717, 1.165) is 38.5 Å². The van der Waals surface area contributed by atoms with Gasteiger partial charge in [0, 0.05) is 52.2 Å². The van der Waals surface area contributed by atoms with Crippen molar-refractivity contribution in [1.29, 1.82) is 0 Å². The van der Waals surface area contributed by atoms with Crippen molar-refractivity contribution in [2.24, 2.45) is 5.92 Å². The maximum absolute atomic E-state index is 11.6. The predicted octanol–water partition coefficient (Wildman–Crippen LogP) is 2.49. The van der Waals surface area contributed by atoms with Crippen LogP contribution in [0.15, 0.2) is 30.3 Å². The molecule has 1 aromatic rings. The zero-order valence-electron chi connectivity index (χ0n) is 15.9. The summed E-state index contributed by atoms with van der Waals surface area (Å²) in [7, 11) is 0. The molecule has 0 bridgehead atoms. The van der Waals surface area contributed by atoms with E-state index in [1.165, 1.54) is 38.0 Å². The van der Waals surface area contributed by atoms with Crippen LogP contribution in [0.2, 0.25) is 0 Å². The van der Waals surface area contributed by atoms with Crippen LogP contribution in [0.3, 0.4) is 0 Å². The molecule has 2 aliphatic heterocycles. The third-order valence-electron chi connectivity index (χ3n) is 5.88. The zero-order chi connectivity index (χ0) is 17.6. The topological polar surface area (TPSA) is 26.8 Å². The standard InChI is InChI=1S/C21H33N3O/c1-18-16-22(11-6-10-20-8-4-3-5-9-20)17-21(18)24-13-7-12-23(14-15-24)19(2)25/h3-5,8-9,18,21H,6-7,10-17H2,1-2H3/t18-,21+/m1/s1. The van der Waals surface area contributed by atoms with E-state index in [-0.39, 0.29) is 5.91 Å². The van der Waals surface area contributed by atoms with Gasteiger partial charge in [0.25, 0.3) is 0 Å². The Balaban J connectivity index is 1.45. The van der Waals surface area contributed by atoms with Gasteiger partial charge in [-0.1, -0.05) is 37.3 Å². The fourth-order valence-electron chi connectivity index (χ4n) is 4.44. The number of benzene rings is 1. The fourth-order valence-corrected chi connectivity index (χ4v) is 4.44. The van der Waals surface area contributed by atoms with Crippen LogP contribution in [0, 0.1) is 5.92 Å². The lowest BCUT2D eigenvalue weighted by molar-refractivity contribution is -0.128. The second kappa shape index (κ2) is 8.81. The zero-order valence-corrected chi connectivity index (χ0v) is 15.9. The number of aryl methyl sites for hydroxylation is 1. The largest absolute Gasteiger partial charge is 0.342 e. The van der Waals surface area contributed by atoms with Crippen LogP contribution >= 0.6 is 0 Å². The normalized spacial score (nSPS) is 25.9. The Labute approximate surface area is 152 Å². The Hall–Kier alpha value is -1.39. The molecule has 0 aliphatic carbocycles. The Morgan fingerprint density at radius 2 is 1.88 bits per heavy atom. The molecule has 25 heavy (non-hydrogen) atoms. The van der Waals surface area contributed by atoms with Crippen LogP contribution in [-0.4, -0.2) is 72.5 Å². The highest BCUT2D eigenvalue weighted by Gasteiger charge is 2.34. The Morgan fingerprint density at radius 3 is 2.64 bits per heavy atom. The highest BCUT2D eigenvalue weighted by Crippen LogP contribution is 2.23. The Bertz CT molecular complexity index is 547. The van der Waals surface area contributed by atoms with Crippen LogP contribution in [-0.2, 0) is 11.2 Å². The molecule has 4 nitrogen and oxygen atoms in total. The summed E-state index contributed by atoms with van der Waals surface area (Å²) in [5.41, 5.74) is 1.45. The van der Waals surface area contributed by atoms with Crippen LogP contribution in [0.25, 0.3) is 0 Å². The van der Waals surface area contributed by atoms with Gasteiger partial charge in [0.1, 0.15) is 0 Å². The van der Waals surface area contributed by atoms with Gasteiger partial charge in [-0.3, -0.25) is 9.69 Å². The minimum absolute atomic E-state index is 0.226.